The Balaban J connectivity index is 1.92. The Kier molecular flexibility index (Phi) is 5.60. The van der Waals surface area contributed by atoms with E-state index in [0.717, 1.165) is 27.5 Å². The highest BCUT2D eigenvalue weighted by Crippen LogP contribution is 2.29. The summed E-state index contributed by atoms with van der Waals surface area (Å²) in [5.41, 5.74) is 3.91. The van der Waals surface area contributed by atoms with E-state index in [1.54, 1.807) is 6.07 Å². The van der Waals surface area contributed by atoms with Crippen LogP contribution in [-0.4, -0.2) is 20.4 Å². The number of nitrogens with zero attached hydrogens (tertiary/aromatic N) is 4. The van der Waals surface area contributed by atoms with Crippen LogP contribution in [-0.2, 0) is 6.42 Å². The summed E-state index contributed by atoms with van der Waals surface area (Å²) >= 11 is 3.45. The second-order valence-electron chi connectivity index (χ2n) is 7.55. The molecule has 5 nitrogen and oxygen atoms in total. The third-order valence-electron chi connectivity index (χ3n) is 5.73. The van der Waals surface area contributed by atoms with E-state index in [1.165, 1.54) is 10.2 Å². The Labute approximate surface area is 184 Å². The number of aromatic nitrogens is 3. The summed E-state index contributed by atoms with van der Waals surface area (Å²) in [5, 5.41) is 6.32. The van der Waals surface area contributed by atoms with Crippen LogP contribution in [0, 0.1) is 6.92 Å². The predicted molar refractivity (Wildman–Crippen MR) is 128 cm³/mol. The van der Waals surface area contributed by atoms with Crippen LogP contribution in [0.5, 0.6) is 0 Å². The highest BCUT2D eigenvalue weighted by molar-refractivity contribution is 9.10. The molecule has 0 bridgehead atoms. The first-order valence-corrected chi connectivity index (χ1v) is 11.1. The Hall–Kier alpha value is -2.73. The molecule has 4 aromatic rings. The molecule has 0 fully saturated rings. The van der Waals surface area contributed by atoms with Crippen molar-refractivity contribution in [1.29, 1.82) is 0 Å². The molecule has 1 atom stereocenters. The summed E-state index contributed by atoms with van der Waals surface area (Å²) in [6.07, 6.45) is 3.47. The Morgan fingerprint density at radius 1 is 1.17 bits per heavy atom. The lowest BCUT2D eigenvalue weighted by atomic mass is 10.1. The quantitative estimate of drug-likeness (QED) is 0.348. The maximum absolute atomic E-state index is 13.2. The first-order chi connectivity index (χ1) is 14.5. The van der Waals surface area contributed by atoms with Crippen molar-refractivity contribution in [3.05, 3.63) is 74.4 Å². The van der Waals surface area contributed by atoms with Crippen molar-refractivity contribution >= 4 is 44.0 Å². The number of halogens is 1. The van der Waals surface area contributed by atoms with Crippen molar-refractivity contribution in [2.24, 2.45) is 5.10 Å². The van der Waals surface area contributed by atoms with Crippen molar-refractivity contribution in [2.75, 3.05) is 0 Å². The van der Waals surface area contributed by atoms with E-state index in [-0.39, 0.29) is 5.56 Å². The first kappa shape index (κ1) is 20.5. The van der Waals surface area contributed by atoms with Crippen LogP contribution < -0.4 is 5.56 Å². The van der Waals surface area contributed by atoms with Gasteiger partial charge in [0.25, 0.3) is 5.56 Å². The fraction of sp³-hybridized carbons (Fsp3) is 0.292. The molecule has 6 heteroatoms. The zero-order valence-electron chi connectivity index (χ0n) is 17.7. The molecule has 2 heterocycles. The van der Waals surface area contributed by atoms with Crippen LogP contribution >= 0.6 is 15.9 Å². The predicted octanol–water partition coefficient (Wildman–Crippen LogP) is 5.84. The molecule has 0 radical (unpaired) electrons. The van der Waals surface area contributed by atoms with Crippen molar-refractivity contribution in [2.45, 2.75) is 46.6 Å². The van der Waals surface area contributed by atoms with Crippen molar-refractivity contribution in [1.82, 2.24) is 14.2 Å². The molecule has 0 saturated heterocycles. The van der Waals surface area contributed by atoms with Gasteiger partial charge in [0.2, 0.25) is 0 Å². The zero-order chi connectivity index (χ0) is 21.4. The van der Waals surface area contributed by atoms with E-state index in [9.17, 15) is 4.79 Å². The minimum atomic E-state index is -0.155. The number of aryl methyl sites for hydroxylation is 1. The molecular formula is C24H25BrN4O. The standard InChI is InChI=1S/C24H25BrN4O/c1-5-15(3)28-16(4)20(18-9-7-8-10-22(18)28)14-26-29-23(6-2)27-21-12-11-17(25)13-19(21)24(29)30/h7-15H,5-6H2,1-4H3/t15-/m0/s1. The Morgan fingerprint density at radius 2 is 1.93 bits per heavy atom. The third kappa shape index (κ3) is 3.39. The molecule has 0 spiro atoms. The minimum absolute atomic E-state index is 0.155. The molecule has 0 N–H and O–H groups in total. The largest absolute Gasteiger partial charge is 0.341 e. The van der Waals surface area contributed by atoms with Crippen LogP contribution in [0.2, 0.25) is 0 Å². The Bertz CT molecular complexity index is 1330. The molecule has 2 aromatic carbocycles. The van der Waals surface area contributed by atoms with Gasteiger partial charge in [-0.1, -0.05) is 48.0 Å². The highest BCUT2D eigenvalue weighted by atomic mass is 79.9. The lowest BCUT2D eigenvalue weighted by molar-refractivity contribution is 0.537. The smallest absolute Gasteiger partial charge is 0.282 e. The first-order valence-electron chi connectivity index (χ1n) is 10.3. The van der Waals surface area contributed by atoms with Gasteiger partial charge in [0.1, 0.15) is 5.82 Å². The summed E-state index contributed by atoms with van der Waals surface area (Å²) < 4.78 is 4.64. The van der Waals surface area contributed by atoms with Gasteiger partial charge in [0, 0.05) is 39.1 Å². The van der Waals surface area contributed by atoms with Gasteiger partial charge in [0.05, 0.1) is 17.1 Å². The summed E-state index contributed by atoms with van der Waals surface area (Å²) in [6.45, 7) is 8.52. The number of para-hydroxylation sites is 1. The molecule has 0 aliphatic rings. The van der Waals surface area contributed by atoms with Crippen LogP contribution in [0.25, 0.3) is 21.8 Å². The normalized spacial score (nSPS) is 13.0. The maximum atomic E-state index is 13.2. The highest BCUT2D eigenvalue weighted by Gasteiger charge is 2.16. The molecule has 0 aliphatic carbocycles. The number of hydrogen-bond acceptors (Lipinski definition) is 3. The van der Waals surface area contributed by atoms with Crippen LogP contribution in [0.3, 0.4) is 0 Å². The Morgan fingerprint density at radius 3 is 2.67 bits per heavy atom. The minimum Gasteiger partial charge on any atom is -0.341 e. The maximum Gasteiger partial charge on any atom is 0.282 e. The van der Waals surface area contributed by atoms with Gasteiger partial charge < -0.3 is 4.57 Å². The summed E-state index contributed by atoms with van der Waals surface area (Å²) in [6, 6.07) is 14.3. The molecule has 154 valence electrons. The van der Waals surface area contributed by atoms with Crippen molar-refractivity contribution < 1.29 is 0 Å². The fourth-order valence-electron chi connectivity index (χ4n) is 3.99. The SMILES string of the molecule is CCc1nc2ccc(Br)cc2c(=O)n1N=Cc1c(C)n([C@@H](C)CC)c2ccccc12. The van der Waals surface area contributed by atoms with Crippen molar-refractivity contribution in [3.63, 3.8) is 0 Å². The van der Waals surface area contributed by atoms with E-state index < -0.39 is 0 Å². The van der Waals surface area contributed by atoms with E-state index in [2.05, 4.69) is 69.6 Å². The van der Waals surface area contributed by atoms with Gasteiger partial charge in [-0.05, 0) is 44.5 Å². The number of hydrogen-bond donors (Lipinski definition) is 0. The van der Waals surface area contributed by atoms with E-state index in [4.69, 9.17) is 0 Å². The second-order valence-corrected chi connectivity index (χ2v) is 8.46. The average molecular weight is 465 g/mol. The van der Waals surface area contributed by atoms with Gasteiger partial charge >= 0.3 is 0 Å². The number of fused-ring (bicyclic) bond motifs is 2. The monoisotopic (exact) mass is 464 g/mol. The van der Waals surface area contributed by atoms with E-state index in [0.29, 0.717) is 29.2 Å². The molecule has 0 unspecified atom stereocenters. The van der Waals surface area contributed by atoms with Gasteiger partial charge in [-0.3, -0.25) is 4.79 Å². The molecule has 0 aliphatic heterocycles. The van der Waals surface area contributed by atoms with Crippen molar-refractivity contribution in [3.8, 4) is 0 Å². The van der Waals surface area contributed by atoms with Gasteiger partial charge in [-0.25, -0.2) is 4.98 Å². The van der Waals surface area contributed by atoms with Crippen LogP contribution in [0.4, 0.5) is 0 Å². The zero-order valence-corrected chi connectivity index (χ0v) is 19.3. The molecular weight excluding hydrogens is 440 g/mol. The average Bonchev–Trinajstić information content (AvgIpc) is 3.04. The summed E-state index contributed by atoms with van der Waals surface area (Å²) in [5.74, 6) is 0.648. The lowest BCUT2D eigenvalue weighted by Gasteiger charge is -2.15. The van der Waals surface area contributed by atoms with E-state index >= 15 is 0 Å². The number of benzene rings is 2. The topological polar surface area (TPSA) is 52.2 Å². The molecule has 30 heavy (non-hydrogen) atoms. The summed E-state index contributed by atoms with van der Waals surface area (Å²) in [7, 11) is 0. The molecule has 4 rings (SSSR count). The van der Waals surface area contributed by atoms with Gasteiger partial charge in [-0.15, -0.1) is 0 Å². The second kappa shape index (κ2) is 8.19. The third-order valence-corrected chi connectivity index (χ3v) is 6.22. The molecule has 2 aromatic heterocycles. The van der Waals surface area contributed by atoms with Gasteiger partial charge in [0.15, 0.2) is 0 Å². The fourth-order valence-corrected chi connectivity index (χ4v) is 4.35. The molecule has 0 saturated carbocycles. The van der Waals surface area contributed by atoms with Crippen LogP contribution in [0.15, 0.2) is 56.8 Å². The lowest BCUT2D eigenvalue weighted by Crippen LogP contribution is -2.22. The van der Waals surface area contributed by atoms with Gasteiger partial charge in [-0.2, -0.15) is 9.78 Å². The van der Waals surface area contributed by atoms with E-state index in [1.807, 2.05) is 31.3 Å². The van der Waals surface area contributed by atoms with Crippen LogP contribution in [0.1, 0.15) is 50.3 Å². The molecule has 0 amide bonds. The summed E-state index contributed by atoms with van der Waals surface area (Å²) in [4.78, 5) is 17.8. The number of rotatable bonds is 5.